The number of benzene rings is 1. The molecule has 0 aromatic heterocycles. The Hall–Kier alpha value is -1.56. The molecule has 1 aliphatic rings. The van der Waals surface area contributed by atoms with Crippen LogP contribution in [0.4, 0.5) is 5.69 Å². The molecule has 1 aromatic rings. The fraction of sp³-hybridized carbons (Fsp3) is 0.462. The number of amides is 1. The lowest BCUT2D eigenvalue weighted by molar-refractivity contribution is -0.129. The monoisotopic (exact) mass is 282 g/mol. The van der Waals surface area contributed by atoms with Gasteiger partial charge < -0.3 is 10.6 Å². The van der Waals surface area contributed by atoms with E-state index in [1.807, 2.05) is 0 Å². The normalized spacial score (nSPS) is 17.4. The molecule has 0 saturated carbocycles. The van der Waals surface area contributed by atoms with E-state index >= 15 is 0 Å². The van der Waals surface area contributed by atoms with E-state index in [0.717, 1.165) is 12.8 Å². The lowest BCUT2D eigenvalue weighted by Gasteiger charge is -2.21. The topological polar surface area (TPSA) is 80.5 Å². The van der Waals surface area contributed by atoms with Crippen LogP contribution in [0, 0.1) is 0 Å². The van der Waals surface area contributed by atoms with E-state index in [-0.39, 0.29) is 16.5 Å². The maximum absolute atomic E-state index is 12.4. The van der Waals surface area contributed by atoms with Crippen LogP contribution in [0.3, 0.4) is 0 Å². The summed E-state index contributed by atoms with van der Waals surface area (Å²) in [4.78, 5) is 13.8. The summed E-state index contributed by atoms with van der Waals surface area (Å²) in [6, 6.07) is 6.25. The number of nitrogen functional groups attached to an aromatic ring is 1. The molecule has 1 aromatic carbocycles. The molecular weight excluding hydrogens is 264 g/mol. The van der Waals surface area contributed by atoms with Crippen molar-refractivity contribution in [3.63, 3.8) is 0 Å². The van der Waals surface area contributed by atoms with Gasteiger partial charge in [-0.05, 0) is 31.9 Å². The Morgan fingerprint density at radius 3 is 2.42 bits per heavy atom. The van der Waals surface area contributed by atoms with Crippen molar-refractivity contribution in [3.05, 3.63) is 24.3 Å². The Bertz CT molecular complexity index is 577. The molecule has 0 bridgehead atoms. The number of likely N-dealkylation sites (tertiary alicyclic amines) is 1. The van der Waals surface area contributed by atoms with Crippen LogP contribution in [0.5, 0.6) is 0 Å². The van der Waals surface area contributed by atoms with Gasteiger partial charge in [-0.25, -0.2) is 8.42 Å². The quantitative estimate of drug-likeness (QED) is 0.840. The summed E-state index contributed by atoms with van der Waals surface area (Å²) in [5, 5.41) is -1.09. The second-order valence-electron chi connectivity index (χ2n) is 4.76. The summed E-state index contributed by atoms with van der Waals surface area (Å²) in [7, 11) is -3.72. The second-order valence-corrected chi connectivity index (χ2v) is 6.99. The Morgan fingerprint density at radius 2 is 1.84 bits per heavy atom. The van der Waals surface area contributed by atoms with E-state index in [4.69, 9.17) is 5.73 Å². The number of hydrogen-bond acceptors (Lipinski definition) is 4. The fourth-order valence-electron chi connectivity index (χ4n) is 2.26. The first-order valence-corrected chi connectivity index (χ1v) is 7.86. The first-order chi connectivity index (χ1) is 8.94. The Labute approximate surface area is 113 Å². The minimum absolute atomic E-state index is 0.0371. The largest absolute Gasteiger partial charge is 0.398 e. The Kier molecular flexibility index (Phi) is 3.80. The Balaban J connectivity index is 2.29. The standard InChI is InChI=1S/C13H18N2O3S/c1-10(13(16)15-8-4-5-9-15)19(17,18)12-7-3-2-6-11(12)14/h2-3,6-7,10H,4-5,8-9,14H2,1H3. The van der Waals surface area contributed by atoms with Crippen LogP contribution in [0.25, 0.3) is 0 Å². The first-order valence-electron chi connectivity index (χ1n) is 6.32. The minimum Gasteiger partial charge on any atom is -0.398 e. The summed E-state index contributed by atoms with van der Waals surface area (Å²) >= 11 is 0. The van der Waals surface area contributed by atoms with Gasteiger partial charge in [-0.1, -0.05) is 12.1 Å². The molecule has 0 spiro atoms. The maximum atomic E-state index is 12.4. The van der Waals surface area contributed by atoms with Gasteiger partial charge in [-0.3, -0.25) is 4.79 Å². The number of rotatable bonds is 3. The third-order valence-corrected chi connectivity index (χ3v) is 5.57. The van der Waals surface area contributed by atoms with E-state index in [1.165, 1.54) is 19.1 Å². The lowest BCUT2D eigenvalue weighted by Crippen LogP contribution is -2.40. The molecule has 1 aliphatic heterocycles. The SMILES string of the molecule is CC(C(=O)N1CCCC1)S(=O)(=O)c1ccccc1N. The van der Waals surface area contributed by atoms with Crippen molar-refractivity contribution in [2.45, 2.75) is 29.9 Å². The van der Waals surface area contributed by atoms with Gasteiger partial charge >= 0.3 is 0 Å². The average Bonchev–Trinajstić information content (AvgIpc) is 2.91. The molecule has 1 atom stereocenters. The molecule has 1 fully saturated rings. The molecule has 1 saturated heterocycles. The van der Waals surface area contributed by atoms with Crippen LogP contribution in [-0.2, 0) is 14.6 Å². The van der Waals surface area contributed by atoms with Crippen LogP contribution in [-0.4, -0.2) is 37.6 Å². The number of para-hydroxylation sites is 1. The molecule has 2 rings (SSSR count). The van der Waals surface area contributed by atoms with Gasteiger partial charge in [-0.15, -0.1) is 0 Å². The summed E-state index contributed by atoms with van der Waals surface area (Å²) in [6.07, 6.45) is 1.87. The molecular formula is C13H18N2O3S. The van der Waals surface area contributed by atoms with Gasteiger partial charge in [0.15, 0.2) is 9.84 Å². The molecule has 6 heteroatoms. The molecule has 104 valence electrons. The van der Waals surface area contributed by atoms with E-state index in [9.17, 15) is 13.2 Å². The smallest absolute Gasteiger partial charge is 0.241 e. The van der Waals surface area contributed by atoms with Gasteiger partial charge in [0.2, 0.25) is 5.91 Å². The molecule has 1 heterocycles. The number of nitrogens with zero attached hydrogens (tertiary/aromatic N) is 1. The van der Waals surface area contributed by atoms with Crippen LogP contribution >= 0.6 is 0 Å². The average molecular weight is 282 g/mol. The number of hydrogen-bond donors (Lipinski definition) is 1. The van der Waals surface area contributed by atoms with Crippen LogP contribution in [0.1, 0.15) is 19.8 Å². The van der Waals surface area contributed by atoms with Crippen molar-refractivity contribution < 1.29 is 13.2 Å². The number of carbonyl (C=O) groups excluding carboxylic acids is 1. The van der Waals surface area contributed by atoms with Crippen molar-refractivity contribution in [3.8, 4) is 0 Å². The van der Waals surface area contributed by atoms with Crippen molar-refractivity contribution in [1.29, 1.82) is 0 Å². The van der Waals surface area contributed by atoms with Crippen LogP contribution < -0.4 is 5.73 Å². The molecule has 19 heavy (non-hydrogen) atoms. The molecule has 2 N–H and O–H groups in total. The van der Waals surface area contributed by atoms with E-state index < -0.39 is 15.1 Å². The van der Waals surface area contributed by atoms with E-state index in [1.54, 1.807) is 17.0 Å². The Morgan fingerprint density at radius 1 is 1.26 bits per heavy atom. The highest BCUT2D eigenvalue weighted by Crippen LogP contribution is 2.24. The third kappa shape index (κ3) is 2.58. The minimum atomic E-state index is -3.72. The molecule has 1 amide bonds. The molecule has 0 aliphatic carbocycles. The maximum Gasteiger partial charge on any atom is 0.241 e. The summed E-state index contributed by atoms with van der Waals surface area (Å²) in [6.45, 7) is 2.72. The van der Waals surface area contributed by atoms with Gasteiger partial charge in [0.1, 0.15) is 5.25 Å². The summed E-state index contributed by atoms with van der Waals surface area (Å²) in [5.41, 5.74) is 5.88. The van der Waals surface area contributed by atoms with E-state index in [0.29, 0.717) is 13.1 Å². The van der Waals surface area contributed by atoms with Crippen LogP contribution in [0.15, 0.2) is 29.2 Å². The zero-order chi connectivity index (χ0) is 14.0. The fourth-order valence-corrected chi connectivity index (χ4v) is 3.72. The number of nitrogens with two attached hydrogens (primary N) is 1. The summed E-state index contributed by atoms with van der Waals surface area (Å²) < 4.78 is 24.8. The number of anilines is 1. The van der Waals surface area contributed by atoms with Gasteiger partial charge in [-0.2, -0.15) is 0 Å². The van der Waals surface area contributed by atoms with Crippen molar-refractivity contribution >= 4 is 21.4 Å². The molecule has 5 nitrogen and oxygen atoms in total. The predicted octanol–water partition coefficient (Wildman–Crippen LogP) is 1.05. The number of carbonyl (C=O) groups is 1. The van der Waals surface area contributed by atoms with Gasteiger partial charge in [0.05, 0.1) is 10.6 Å². The van der Waals surface area contributed by atoms with Crippen molar-refractivity contribution in [1.82, 2.24) is 4.90 Å². The zero-order valence-electron chi connectivity index (χ0n) is 10.9. The van der Waals surface area contributed by atoms with Crippen molar-refractivity contribution in [2.75, 3.05) is 18.8 Å². The third-order valence-electron chi connectivity index (χ3n) is 3.46. The van der Waals surface area contributed by atoms with Gasteiger partial charge in [0.25, 0.3) is 0 Å². The highest BCUT2D eigenvalue weighted by atomic mass is 32.2. The molecule has 0 radical (unpaired) electrons. The lowest BCUT2D eigenvalue weighted by atomic mass is 10.3. The number of sulfone groups is 1. The van der Waals surface area contributed by atoms with Crippen molar-refractivity contribution in [2.24, 2.45) is 0 Å². The zero-order valence-corrected chi connectivity index (χ0v) is 11.7. The highest BCUT2D eigenvalue weighted by molar-refractivity contribution is 7.93. The summed E-state index contributed by atoms with van der Waals surface area (Å²) in [5.74, 6) is -0.333. The first kappa shape index (κ1) is 13.9. The van der Waals surface area contributed by atoms with E-state index in [2.05, 4.69) is 0 Å². The molecule has 1 unspecified atom stereocenters. The van der Waals surface area contributed by atoms with Gasteiger partial charge in [0, 0.05) is 13.1 Å². The van der Waals surface area contributed by atoms with Crippen LogP contribution in [0.2, 0.25) is 0 Å². The predicted molar refractivity (Wildman–Crippen MR) is 73.3 cm³/mol. The highest BCUT2D eigenvalue weighted by Gasteiger charge is 2.34. The second kappa shape index (κ2) is 5.21.